The van der Waals surface area contributed by atoms with Crippen LogP contribution in [0.2, 0.25) is 0 Å². The molecule has 1 saturated heterocycles. The van der Waals surface area contributed by atoms with E-state index in [9.17, 15) is 26.0 Å². The molecule has 0 spiro atoms. The number of morpholine rings is 1. The number of carbonyl (C=O) groups excluding carboxylic acids is 1. The maximum atomic E-state index is 15.3. The van der Waals surface area contributed by atoms with Crippen molar-refractivity contribution in [2.45, 2.75) is 18.2 Å². The second kappa shape index (κ2) is 11.3. The van der Waals surface area contributed by atoms with Crippen molar-refractivity contribution in [3.8, 4) is 11.1 Å². The molecule has 1 aliphatic heterocycles. The molecule has 0 atom stereocenters. The van der Waals surface area contributed by atoms with Gasteiger partial charge in [-0.2, -0.15) is 4.31 Å². The van der Waals surface area contributed by atoms with E-state index in [1.807, 2.05) is 0 Å². The van der Waals surface area contributed by atoms with Gasteiger partial charge < -0.3 is 9.72 Å². The highest BCUT2D eigenvalue weighted by molar-refractivity contribution is 7.92. The fourth-order valence-corrected chi connectivity index (χ4v) is 7.11. The number of nitrogens with one attached hydrogen (secondary N) is 2. The number of rotatable bonds is 9. The molecule has 2 N–H and O–H groups in total. The highest BCUT2D eigenvalue weighted by Crippen LogP contribution is 2.30. The van der Waals surface area contributed by atoms with Crippen LogP contribution in [-0.4, -0.2) is 68.9 Å². The molecule has 0 aliphatic carbocycles. The topological polar surface area (TPSA) is 139 Å². The van der Waals surface area contributed by atoms with Gasteiger partial charge in [-0.15, -0.1) is 0 Å². The van der Waals surface area contributed by atoms with Gasteiger partial charge in [-0.1, -0.05) is 19.1 Å². The molecule has 1 fully saturated rings. The van der Waals surface area contributed by atoms with E-state index in [1.54, 1.807) is 25.1 Å². The van der Waals surface area contributed by atoms with Gasteiger partial charge in [0.1, 0.15) is 11.5 Å². The molecule has 14 heteroatoms. The molecule has 0 radical (unpaired) electrons. The Balaban J connectivity index is 1.47. The molecular weight excluding hydrogens is 578 g/mol. The maximum absolute atomic E-state index is 15.3. The second-order valence-electron chi connectivity index (χ2n) is 9.40. The molecule has 0 saturated carbocycles. The third-order valence-corrected chi connectivity index (χ3v) is 10.0. The van der Waals surface area contributed by atoms with Crippen LogP contribution in [0, 0.1) is 11.6 Å². The van der Waals surface area contributed by atoms with Gasteiger partial charge in [0.25, 0.3) is 0 Å². The van der Waals surface area contributed by atoms with Gasteiger partial charge in [0.05, 0.1) is 35.1 Å². The van der Waals surface area contributed by atoms with Gasteiger partial charge in [0.2, 0.25) is 25.8 Å². The Morgan fingerprint density at radius 1 is 1.05 bits per heavy atom. The van der Waals surface area contributed by atoms with E-state index in [1.165, 1.54) is 28.8 Å². The molecule has 1 aliphatic rings. The number of pyridine rings is 1. The van der Waals surface area contributed by atoms with Crippen molar-refractivity contribution in [3.05, 3.63) is 77.6 Å². The van der Waals surface area contributed by atoms with Crippen molar-refractivity contribution in [1.82, 2.24) is 14.3 Å². The first-order valence-electron chi connectivity index (χ1n) is 12.7. The van der Waals surface area contributed by atoms with Crippen molar-refractivity contribution in [2.75, 3.05) is 36.8 Å². The van der Waals surface area contributed by atoms with E-state index in [4.69, 9.17) is 4.74 Å². The van der Waals surface area contributed by atoms with Gasteiger partial charge >= 0.3 is 0 Å². The summed E-state index contributed by atoms with van der Waals surface area (Å²) < 4.78 is 88.8. The molecular formula is C27H26F2N4O6S2. The van der Waals surface area contributed by atoms with Crippen molar-refractivity contribution >= 4 is 42.6 Å². The fourth-order valence-electron chi connectivity index (χ4n) is 4.57. The first-order chi connectivity index (χ1) is 19.5. The molecule has 2 aromatic carbocycles. The van der Waals surface area contributed by atoms with Gasteiger partial charge in [-0.05, 0) is 42.3 Å². The van der Waals surface area contributed by atoms with Crippen LogP contribution < -0.4 is 4.72 Å². The second-order valence-corrected chi connectivity index (χ2v) is 13.2. The van der Waals surface area contributed by atoms with E-state index in [0.29, 0.717) is 24.3 Å². The van der Waals surface area contributed by atoms with Crippen LogP contribution in [0.1, 0.15) is 29.3 Å². The predicted octanol–water partition coefficient (Wildman–Crippen LogP) is 3.91. The Kier molecular flexibility index (Phi) is 7.92. The number of aromatic amines is 1. The number of aromatic nitrogens is 2. The van der Waals surface area contributed by atoms with Crippen LogP contribution >= 0.6 is 0 Å². The monoisotopic (exact) mass is 604 g/mol. The molecule has 10 nitrogen and oxygen atoms in total. The van der Waals surface area contributed by atoms with Gasteiger partial charge in [0.15, 0.2) is 5.82 Å². The number of carbonyl (C=O) groups is 1. The summed E-state index contributed by atoms with van der Waals surface area (Å²) >= 11 is 0. The molecule has 3 heterocycles. The summed E-state index contributed by atoms with van der Waals surface area (Å²) in [7, 11) is -7.58. The van der Waals surface area contributed by atoms with E-state index in [-0.39, 0.29) is 46.8 Å². The van der Waals surface area contributed by atoms with Crippen LogP contribution in [-0.2, 0) is 24.8 Å². The zero-order valence-corrected chi connectivity index (χ0v) is 23.5. The van der Waals surface area contributed by atoms with E-state index < -0.39 is 48.7 Å². The molecule has 0 amide bonds. The molecule has 0 bridgehead atoms. The quantitative estimate of drug-likeness (QED) is 0.276. The van der Waals surface area contributed by atoms with E-state index in [2.05, 4.69) is 14.7 Å². The number of H-pyrrole nitrogens is 1. The molecule has 0 unspecified atom stereocenters. The number of ketones is 1. The lowest BCUT2D eigenvalue weighted by atomic mass is 10.00. The molecule has 5 rings (SSSR count). The Labute approximate surface area is 235 Å². The van der Waals surface area contributed by atoms with Gasteiger partial charge in [-0.25, -0.2) is 30.6 Å². The zero-order chi connectivity index (χ0) is 29.4. The summed E-state index contributed by atoms with van der Waals surface area (Å²) in [6.07, 6.45) is 3.07. The highest BCUT2D eigenvalue weighted by atomic mass is 32.2. The number of fused-ring (bicyclic) bond motifs is 1. The number of hydrogen-bond acceptors (Lipinski definition) is 7. The standard InChI is InChI=1S/C27H26F2N4O6S2/c1-2-13-40(35,36)32-23-8-7-22(28)24(25(23)29)26(34)21-16-31-27-20(21)14-18(15-30-27)17-3-5-19(6-4-17)41(37,38)33-9-11-39-12-10-33/h3-8,14-16,32H,2,9-13H2,1H3,(H,30,31). The van der Waals surface area contributed by atoms with Crippen LogP contribution in [0.15, 0.2) is 59.8 Å². The number of ether oxygens (including phenoxy) is 1. The summed E-state index contributed by atoms with van der Waals surface area (Å²) in [5.41, 5.74) is -0.107. The third-order valence-electron chi connectivity index (χ3n) is 6.63. The lowest BCUT2D eigenvalue weighted by Crippen LogP contribution is -2.40. The summed E-state index contributed by atoms with van der Waals surface area (Å²) in [5.74, 6) is -3.76. The van der Waals surface area contributed by atoms with Crippen molar-refractivity contribution in [2.24, 2.45) is 0 Å². The highest BCUT2D eigenvalue weighted by Gasteiger charge is 2.27. The average Bonchev–Trinajstić information content (AvgIpc) is 3.38. The van der Waals surface area contributed by atoms with Crippen LogP contribution in [0.3, 0.4) is 0 Å². The molecule has 216 valence electrons. The van der Waals surface area contributed by atoms with E-state index in [0.717, 1.165) is 12.1 Å². The van der Waals surface area contributed by atoms with Crippen LogP contribution in [0.25, 0.3) is 22.2 Å². The molecule has 2 aromatic heterocycles. The Morgan fingerprint density at radius 3 is 2.44 bits per heavy atom. The molecule has 41 heavy (non-hydrogen) atoms. The van der Waals surface area contributed by atoms with Crippen LogP contribution in [0.5, 0.6) is 0 Å². The van der Waals surface area contributed by atoms with Crippen molar-refractivity contribution in [1.29, 1.82) is 0 Å². The molecule has 4 aromatic rings. The summed E-state index contributed by atoms with van der Waals surface area (Å²) in [6, 6.07) is 9.51. The third kappa shape index (κ3) is 5.73. The number of sulfonamides is 2. The number of hydrogen-bond donors (Lipinski definition) is 2. The summed E-state index contributed by atoms with van der Waals surface area (Å²) in [4.78, 5) is 20.6. The smallest absolute Gasteiger partial charge is 0.243 e. The Hall–Kier alpha value is -3.72. The first-order valence-corrected chi connectivity index (χ1v) is 15.8. The lowest BCUT2D eigenvalue weighted by Gasteiger charge is -2.26. The minimum absolute atomic E-state index is 0.0766. The normalized spacial score (nSPS) is 14.8. The van der Waals surface area contributed by atoms with Crippen molar-refractivity contribution < 1.29 is 35.1 Å². The Morgan fingerprint density at radius 2 is 1.76 bits per heavy atom. The summed E-state index contributed by atoms with van der Waals surface area (Å²) in [6.45, 7) is 2.82. The SMILES string of the molecule is CCCS(=O)(=O)Nc1ccc(F)c(C(=O)c2c[nH]c3ncc(-c4ccc(S(=O)(=O)N5CCOCC5)cc4)cc23)c1F. The zero-order valence-electron chi connectivity index (χ0n) is 21.9. The number of benzene rings is 2. The average molecular weight is 605 g/mol. The lowest BCUT2D eigenvalue weighted by molar-refractivity contribution is 0.0730. The fraction of sp³-hybridized carbons (Fsp3) is 0.259. The maximum Gasteiger partial charge on any atom is 0.243 e. The first kappa shape index (κ1) is 28.8. The van der Waals surface area contributed by atoms with E-state index >= 15 is 4.39 Å². The Bertz CT molecular complexity index is 1840. The van der Waals surface area contributed by atoms with Gasteiger partial charge in [-0.3, -0.25) is 9.52 Å². The minimum Gasteiger partial charge on any atom is -0.379 e. The summed E-state index contributed by atoms with van der Waals surface area (Å²) in [5, 5.41) is 0.272. The van der Waals surface area contributed by atoms with Gasteiger partial charge in [0, 0.05) is 42.0 Å². The van der Waals surface area contributed by atoms with Crippen molar-refractivity contribution in [3.63, 3.8) is 0 Å². The largest absolute Gasteiger partial charge is 0.379 e. The minimum atomic E-state index is -3.89. The number of anilines is 1. The number of halogens is 2. The predicted molar refractivity (Wildman–Crippen MR) is 149 cm³/mol. The van der Waals surface area contributed by atoms with Crippen LogP contribution in [0.4, 0.5) is 14.5 Å². The number of nitrogens with zero attached hydrogens (tertiary/aromatic N) is 2.